The third kappa shape index (κ3) is 2.91. The van der Waals surface area contributed by atoms with Gasteiger partial charge in [0.15, 0.2) is 0 Å². The van der Waals surface area contributed by atoms with Gasteiger partial charge < -0.3 is 10.0 Å². The van der Waals surface area contributed by atoms with Crippen LogP contribution in [0.2, 0.25) is 0 Å². The highest BCUT2D eigenvalue weighted by Gasteiger charge is 2.34. The summed E-state index contributed by atoms with van der Waals surface area (Å²) in [7, 11) is 0. The van der Waals surface area contributed by atoms with Crippen LogP contribution >= 0.6 is 0 Å². The maximum absolute atomic E-state index is 12.4. The Morgan fingerprint density at radius 3 is 2.78 bits per heavy atom. The summed E-state index contributed by atoms with van der Waals surface area (Å²) < 4.78 is 0. The van der Waals surface area contributed by atoms with E-state index in [1.807, 2.05) is 36.9 Å². The van der Waals surface area contributed by atoms with E-state index in [1.165, 1.54) is 5.56 Å². The molecule has 0 radical (unpaired) electrons. The van der Waals surface area contributed by atoms with Crippen molar-refractivity contribution in [3.63, 3.8) is 0 Å². The molecule has 0 aliphatic heterocycles. The molecule has 3 heteroatoms. The Balaban J connectivity index is 2.11. The van der Waals surface area contributed by atoms with Gasteiger partial charge in [-0.25, -0.2) is 0 Å². The zero-order valence-electron chi connectivity index (χ0n) is 11.1. The van der Waals surface area contributed by atoms with Crippen molar-refractivity contribution in [2.75, 3.05) is 13.2 Å². The number of hydrogen-bond donors (Lipinski definition) is 1. The Morgan fingerprint density at radius 1 is 1.50 bits per heavy atom. The highest BCUT2D eigenvalue weighted by molar-refractivity contribution is 5.84. The van der Waals surface area contributed by atoms with Crippen molar-refractivity contribution in [3.05, 3.63) is 35.4 Å². The fraction of sp³-hybridized carbons (Fsp3) is 0.533. The topological polar surface area (TPSA) is 40.5 Å². The van der Waals surface area contributed by atoms with Crippen LogP contribution in [0.1, 0.15) is 36.8 Å². The fourth-order valence-electron chi connectivity index (χ4n) is 2.30. The van der Waals surface area contributed by atoms with Crippen LogP contribution in [0.15, 0.2) is 24.3 Å². The summed E-state index contributed by atoms with van der Waals surface area (Å²) in [5.74, 6) is 0.00852. The number of aryl methyl sites for hydroxylation is 1. The molecule has 1 unspecified atom stereocenters. The van der Waals surface area contributed by atoms with E-state index >= 15 is 0 Å². The summed E-state index contributed by atoms with van der Waals surface area (Å²) in [6, 6.07) is 8.44. The summed E-state index contributed by atoms with van der Waals surface area (Å²) >= 11 is 0. The zero-order chi connectivity index (χ0) is 13.1. The largest absolute Gasteiger partial charge is 0.395 e. The van der Waals surface area contributed by atoms with Gasteiger partial charge in [0, 0.05) is 12.6 Å². The summed E-state index contributed by atoms with van der Waals surface area (Å²) in [6.07, 6.45) is 2.15. The highest BCUT2D eigenvalue weighted by atomic mass is 16.3. The van der Waals surface area contributed by atoms with Crippen LogP contribution in [0.4, 0.5) is 0 Å². The fourth-order valence-corrected chi connectivity index (χ4v) is 2.30. The van der Waals surface area contributed by atoms with Crippen molar-refractivity contribution >= 4 is 5.91 Å². The summed E-state index contributed by atoms with van der Waals surface area (Å²) in [6.45, 7) is 4.49. The standard InChI is InChI=1S/C15H21NO2/c1-11-4-3-5-13(10-11)12(2)15(18)16(8-9-17)14-6-7-14/h3-5,10,12,14,17H,6-9H2,1-2H3. The average Bonchev–Trinajstić information content (AvgIpc) is 3.18. The third-order valence-corrected chi connectivity index (χ3v) is 3.52. The molecule has 1 fully saturated rings. The van der Waals surface area contributed by atoms with Crippen molar-refractivity contribution in [3.8, 4) is 0 Å². The molecule has 1 atom stereocenters. The highest BCUT2D eigenvalue weighted by Crippen LogP contribution is 2.30. The lowest BCUT2D eigenvalue weighted by atomic mass is 9.98. The Kier molecular flexibility index (Phi) is 4.02. The lowest BCUT2D eigenvalue weighted by Gasteiger charge is -2.25. The maximum atomic E-state index is 12.4. The van der Waals surface area contributed by atoms with Crippen LogP contribution in [0.5, 0.6) is 0 Å². The van der Waals surface area contributed by atoms with Crippen molar-refractivity contribution in [1.29, 1.82) is 0 Å². The average molecular weight is 247 g/mol. The number of benzene rings is 1. The molecular formula is C15H21NO2. The van der Waals surface area contributed by atoms with Crippen molar-refractivity contribution in [2.45, 2.75) is 38.6 Å². The second-order valence-corrected chi connectivity index (χ2v) is 5.12. The van der Waals surface area contributed by atoms with E-state index in [-0.39, 0.29) is 18.4 Å². The molecule has 1 amide bonds. The first-order chi connectivity index (χ1) is 8.63. The van der Waals surface area contributed by atoms with Gasteiger partial charge in [0.05, 0.1) is 12.5 Å². The molecule has 2 rings (SSSR count). The van der Waals surface area contributed by atoms with Gasteiger partial charge in [0.1, 0.15) is 0 Å². The van der Waals surface area contributed by atoms with Gasteiger partial charge in [-0.15, -0.1) is 0 Å². The Bertz CT molecular complexity index is 426. The lowest BCUT2D eigenvalue weighted by molar-refractivity contribution is -0.133. The summed E-state index contributed by atoms with van der Waals surface area (Å²) in [5.41, 5.74) is 2.23. The second kappa shape index (κ2) is 5.53. The van der Waals surface area contributed by atoms with Crippen LogP contribution in [0.25, 0.3) is 0 Å². The van der Waals surface area contributed by atoms with Crippen LogP contribution in [-0.2, 0) is 4.79 Å². The number of hydrogen-bond acceptors (Lipinski definition) is 2. The maximum Gasteiger partial charge on any atom is 0.230 e. The monoisotopic (exact) mass is 247 g/mol. The molecule has 1 aromatic carbocycles. The van der Waals surface area contributed by atoms with E-state index in [4.69, 9.17) is 5.11 Å². The molecule has 1 aromatic rings. The molecule has 1 aliphatic rings. The van der Waals surface area contributed by atoms with Gasteiger partial charge in [-0.2, -0.15) is 0 Å². The quantitative estimate of drug-likeness (QED) is 0.865. The van der Waals surface area contributed by atoms with E-state index in [0.29, 0.717) is 12.6 Å². The van der Waals surface area contributed by atoms with Crippen molar-refractivity contribution in [2.24, 2.45) is 0 Å². The number of rotatable bonds is 5. The summed E-state index contributed by atoms with van der Waals surface area (Å²) in [4.78, 5) is 14.3. The zero-order valence-corrected chi connectivity index (χ0v) is 11.1. The third-order valence-electron chi connectivity index (χ3n) is 3.52. The van der Waals surface area contributed by atoms with E-state index in [1.54, 1.807) is 0 Å². The minimum atomic E-state index is -0.128. The second-order valence-electron chi connectivity index (χ2n) is 5.12. The first-order valence-corrected chi connectivity index (χ1v) is 6.61. The minimum absolute atomic E-state index is 0.0444. The molecule has 1 saturated carbocycles. The molecule has 1 N–H and O–H groups in total. The van der Waals surface area contributed by atoms with Crippen LogP contribution < -0.4 is 0 Å². The SMILES string of the molecule is Cc1cccc(C(C)C(=O)N(CCO)C2CC2)c1. The van der Waals surface area contributed by atoms with E-state index in [2.05, 4.69) is 6.07 Å². The Hall–Kier alpha value is -1.35. The first-order valence-electron chi connectivity index (χ1n) is 6.61. The number of carbonyl (C=O) groups excluding carboxylic acids is 1. The van der Waals surface area contributed by atoms with Crippen molar-refractivity contribution < 1.29 is 9.90 Å². The number of aliphatic hydroxyl groups is 1. The van der Waals surface area contributed by atoms with Gasteiger partial charge in [0.25, 0.3) is 0 Å². The van der Waals surface area contributed by atoms with Crippen LogP contribution in [0, 0.1) is 6.92 Å². The van der Waals surface area contributed by atoms with Gasteiger partial charge in [0.2, 0.25) is 5.91 Å². The van der Waals surface area contributed by atoms with Crippen molar-refractivity contribution in [1.82, 2.24) is 4.90 Å². The van der Waals surface area contributed by atoms with E-state index < -0.39 is 0 Å². The molecule has 3 nitrogen and oxygen atoms in total. The van der Waals surface area contributed by atoms with E-state index in [9.17, 15) is 4.79 Å². The molecule has 0 bridgehead atoms. The van der Waals surface area contributed by atoms with Gasteiger partial charge >= 0.3 is 0 Å². The molecule has 18 heavy (non-hydrogen) atoms. The molecule has 98 valence electrons. The van der Waals surface area contributed by atoms with E-state index in [0.717, 1.165) is 18.4 Å². The molecular weight excluding hydrogens is 226 g/mol. The molecule has 0 aromatic heterocycles. The van der Waals surface area contributed by atoms with Gasteiger partial charge in [-0.1, -0.05) is 29.8 Å². The Morgan fingerprint density at radius 2 is 2.22 bits per heavy atom. The number of aliphatic hydroxyl groups excluding tert-OH is 1. The number of carbonyl (C=O) groups is 1. The number of amides is 1. The minimum Gasteiger partial charge on any atom is -0.395 e. The smallest absolute Gasteiger partial charge is 0.230 e. The summed E-state index contributed by atoms with van der Waals surface area (Å²) in [5, 5.41) is 9.06. The predicted octanol–water partition coefficient (Wildman–Crippen LogP) is 2.08. The molecule has 0 heterocycles. The van der Waals surface area contributed by atoms with Gasteiger partial charge in [-0.3, -0.25) is 4.79 Å². The first kappa shape index (κ1) is 13.1. The number of nitrogens with zero attached hydrogens (tertiary/aromatic N) is 1. The molecule has 1 aliphatic carbocycles. The normalized spacial score (nSPS) is 16.4. The van der Waals surface area contributed by atoms with Crippen LogP contribution in [0.3, 0.4) is 0 Å². The van der Waals surface area contributed by atoms with Gasteiger partial charge in [-0.05, 0) is 32.3 Å². The molecule has 0 spiro atoms. The molecule has 0 saturated heterocycles. The lowest BCUT2D eigenvalue weighted by Crippen LogP contribution is -2.38. The Labute approximate surface area is 108 Å². The van der Waals surface area contributed by atoms with Crippen LogP contribution in [-0.4, -0.2) is 35.1 Å². The predicted molar refractivity (Wildman–Crippen MR) is 71.4 cm³/mol.